The summed E-state index contributed by atoms with van der Waals surface area (Å²) in [5.74, 6) is 2.86. The third-order valence-corrected chi connectivity index (χ3v) is 6.36. The Morgan fingerprint density at radius 2 is 2.07 bits per heavy atom. The van der Waals surface area contributed by atoms with Crippen LogP contribution in [0.25, 0.3) is 5.65 Å². The topological polar surface area (TPSA) is 110 Å². The molecule has 156 valence electrons. The van der Waals surface area contributed by atoms with E-state index in [0.717, 1.165) is 36.2 Å². The molecule has 2 saturated heterocycles. The van der Waals surface area contributed by atoms with E-state index in [1.165, 1.54) is 25.7 Å². The molecule has 3 atom stereocenters. The van der Waals surface area contributed by atoms with Crippen LogP contribution < -0.4 is 10.6 Å². The van der Waals surface area contributed by atoms with Gasteiger partial charge in [-0.3, -0.25) is 14.4 Å². The van der Waals surface area contributed by atoms with Gasteiger partial charge in [-0.15, -0.1) is 0 Å². The van der Waals surface area contributed by atoms with E-state index in [2.05, 4.69) is 36.8 Å². The molecule has 30 heavy (non-hydrogen) atoms. The number of anilines is 3. The molecule has 2 fully saturated rings. The Balaban J connectivity index is 1.28. The first-order chi connectivity index (χ1) is 14.7. The summed E-state index contributed by atoms with van der Waals surface area (Å²) in [6.45, 7) is 3.78. The van der Waals surface area contributed by atoms with Crippen molar-refractivity contribution in [2.75, 3.05) is 23.7 Å². The smallest absolute Gasteiger partial charge is 0.210 e. The summed E-state index contributed by atoms with van der Waals surface area (Å²) in [4.78, 5) is 11.8. The average molecular weight is 406 g/mol. The highest BCUT2D eigenvalue weighted by molar-refractivity contribution is 5.61. The number of aryl methyl sites for hydroxylation is 1. The van der Waals surface area contributed by atoms with Crippen LogP contribution in [0.15, 0.2) is 24.5 Å². The van der Waals surface area contributed by atoms with Gasteiger partial charge in [0.05, 0.1) is 6.07 Å². The standard InChI is InChI=1S/C21H27N9/c1-14-9-19(28-27-14)25-18-12-20-23-6-8-30(20)21(26-18)24-13-15-10-16-3-4-17(11-15)29(16)7-2-5-22/h6,8-9,12,15-17H,2-4,7,10-11,13H2,1H3,(H,24,26)(H2,25,27,28)/t15?,16-,17+. The lowest BCUT2D eigenvalue weighted by Gasteiger charge is -2.38. The molecule has 1 unspecified atom stereocenters. The summed E-state index contributed by atoms with van der Waals surface area (Å²) in [6, 6.07) is 7.41. The van der Waals surface area contributed by atoms with Crippen molar-refractivity contribution in [1.29, 1.82) is 5.26 Å². The molecule has 3 N–H and O–H groups in total. The molecule has 9 nitrogen and oxygen atoms in total. The van der Waals surface area contributed by atoms with Gasteiger partial charge in [0.25, 0.3) is 0 Å². The molecule has 0 saturated carbocycles. The van der Waals surface area contributed by atoms with Crippen LogP contribution in [0.2, 0.25) is 0 Å². The monoisotopic (exact) mass is 405 g/mol. The van der Waals surface area contributed by atoms with Crippen LogP contribution in [-0.2, 0) is 0 Å². The van der Waals surface area contributed by atoms with Crippen molar-refractivity contribution < 1.29 is 0 Å². The van der Waals surface area contributed by atoms with Crippen LogP contribution in [0.5, 0.6) is 0 Å². The normalized spacial score (nSPS) is 23.5. The van der Waals surface area contributed by atoms with Gasteiger partial charge in [0.15, 0.2) is 5.82 Å². The predicted octanol–water partition coefficient (Wildman–Crippen LogP) is 3.07. The zero-order valence-corrected chi connectivity index (χ0v) is 17.2. The van der Waals surface area contributed by atoms with Gasteiger partial charge in [0.1, 0.15) is 11.5 Å². The second kappa shape index (κ2) is 7.95. The van der Waals surface area contributed by atoms with Gasteiger partial charge in [-0.25, -0.2) is 4.98 Å². The first-order valence-corrected chi connectivity index (χ1v) is 10.7. The summed E-state index contributed by atoms with van der Waals surface area (Å²) in [7, 11) is 0. The number of rotatable bonds is 7. The Bertz CT molecular complexity index is 1050. The molecule has 5 heterocycles. The molecule has 3 aromatic heterocycles. The Morgan fingerprint density at radius 3 is 2.80 bits per heavy atom. The summed E-state index contributed by atoms with van der Waals surface area (Å²) in [6.07, 6.45) is 9.25. The van der Waals surface area contributed by atoms with Crippen molar-refractivity contribution in [2.45, 2.75) is 51.1 Å². The van der Waals surface area contributed by atoms with Crippen molar-refractivity contribution >= 4 is 23.2 Å². The Hall–Kier alpha value is -3.12. The molecule has 0 spiro atoms. The molecule has 2 bridgehead atoms. The quantitative estimate of drug-likeness (QED) is 0.554. The number of hydrogen-bond acceptors (Lipinski definition) is 7. The summed E-state index contributed by atoms with van der Waals surface area (Å²) in [5.41, 5.74) is 1.84. The molecule has 2 aliphatic rings. The number of imidazole rings is 1. The number of H-pyrrole nitrogens is 1. The molecule has 2 aliphatic heterocycles. The number of aromatic nitrogens is 5. The number of nitrogens with zero attached hydrogens (tertiary/aromatic N) is 6. The first kappa shape index (κ1) is 18.9. The van der Waals surface area contributed by atoms with E-state index < -0.39 is 0 Å². The highest BCUT2D eigenvalue weighted by Crippen LogP contribution is 2.38. The van der Waals surface area contributed by atoms with E-state index in [1.807, 2.05) is 29.7 Å². The number of fused-ring (bicyclic) bond motifs is 3. The first-order valence-electron chi connectivity index (χ1n) is 10.7. The molecule has 0 aromatic carbocycles. The summed E-state index contributed by atoms with van der Waals surface area (Å²) in [5, 5.41) is 22.9. The van der Waals surface area contributed by atoms with Crippen LogP contribution in [-0.4, -0.2) is 54.6 Å². The number of nitrogens with one attached hydrogen (secondary N) is 3. The minimum Gasteiger partial charge on any atom is -0.355 e. The number of nitriles is 1. The predicted molar refractivity (Wildman–Crippen MR) is 115 cm³/mol. The maximum atomic E-state index is 8.93. The maximum absolute atomic E-state index is 8.93. The van der Waals surface area contributed by atoms with E-state index in [1.54, 1.807) is 6.20 Å². The van der Waals surface area contributed by atoms with Crippen LogP contribution in [0.3, 0.4) is 0 Å². The van der Waals surface area contributed by atoms with Crippen molar-refractivity contribution in [3.8, 4) is 6.07 Å². The van der Waals surface area contributed by atoms with Crippen LogP contribution in [0.4, 0.5) is 17.6 Å². The fourth-order valence-electron chi connectivity index (χ4n) is 5.06. The molecule has 0 radical (unpaired) electrons. The van der Waals surface area contributed by atoms with E-state index in [4.69, 9.17) is 10.2 Å². The molecule has 9 heteroatoms. The Morgan fingerprint density at radius 1 is 1.23 bits per heavy atom. The highest BCUT2D eigenvalue weighted by Gasteiger charge is 2.40. The van der Waals surface area contributed by atoms with E-state index in [0.29, 0.717) is 30.2 Å². The van der Waals surface area contributed by atoms with Gasteiger partial charge in [-0.2, -0.15) is 15.3 Å². The van der Waals surface area contributed by atoms with Crippen molar-refractivity contribution in [3.63, 3.8) is 0 Å². The van der Waals surface area contributed by atoms with Gasteiger partial charge in [-0.1, -0.05) is 0 Å². The second-order valence-corrected chi connectivity index (χ2v) is 8.43. The fourth-order valence-corrected chi connectivity index (χ4v) is 5.06. The fraction of sp³-hybridized carbons (Fsp3) is 0.524. The van der Waals surface area contributed by atoms with Crippen LogP contribution in [0.1, 0.15) is 37.8 Å². The molecule has 0 amide bonds. The van der Waals surface area contributed by atoms with Crippen LogP contribution in [0, 0.1) is 24.2 Å². The zero-order valence-electron chi connectivity index (χ0n) is 17.2. The van der Waals surface area contributed by atoms with Gasteiger partial charge in [-0.05, 0) is 38.5 Å². The number of hydrogen-bond donors (Lipinski definition) is 3. The third kappa shape index (κ3) is 3.71. The summed E-state index contributed by atoms with van der Waals surface area (Å²) >= 11 is 0. The van der Waals surface area contributed by atoms with Gasteiger partial charge in [0, 0.05) is 61.8 Å². The van der Waals surface area contributed by atoms with Crippen molar-refractivity contribution in [3.05, 3.63) is 30.2 Å². The average Bonchev–Trinajstić information content (AvgIpc) is 3.43. The van der Waals surface area contributed by atoms with Crippen LogP contribution >= 0.6 is 0 Å². The zero-order chi connectivity index (χ0) is 20.5. The van der Waals surface area contributed by atoms with Gasteiger partial charge < -0.3 is 10.6 Å². The van der Waals surface area contributed by atoms with Crippen molar-refractivity contribution in [1.82, 2.24) is 29.5 Å². The molecular formula is C21H27N9. The molecular weight excluding hydrogens is 378 g/mol. The summed E-state index contributed by atoms with van der Waals surface area (Å²) < 4.78 is 1.98. The van der Waals surface area contributed by atoms with E-state index in [9.17, 15) is 0 Å². The van der Waals surface area contributed by atoms with Crippen molar-refractivity contribution in [2.24, 2.45) is 5.92 Å². The lowest BCUT2D eigenvalue weighted by Crippen LogP contribution is -2.44. The maximum Gasteiger partial charge on any atom is 0.210 e. The second-order valence-electron chi connectivity index (χ2n) is 8.43. The number of aromatic amines is 1. The Kier molecular flexibility index (Phi) is 5.01. The largest absolute Gasteiger partial charge is 0.355 e. The third-order valence-electron chi connectivity index (χ3n) is 6.36. The molecule has 3 aromatic rings. The molecule has 0 aliphatic carbocycles. The SMILES string of the molecule is Cc1cc(Nc2cc3nccn3c(NCC3C[C@H]4CC[C@@H](C3)N4CCC#N)n2)n[nH]1. The van der Waals surface area contributed by atoms with E-state index >= 15 is 0 Å². The minimum absolute atomic E-state index is 0.617. The lowest BCUT2D eigenvalue weighted by molar-refractivity contribution is 0.110. The Labute approximate surface area is 175 Å². The number of piperidine rings is 1. The lowest BCUT2D eigenvalue weighted by atomic mass is 9.90. The van der Waals surface area contributed by atoms with E-state index in [-0.39, 0.29) is 0 Å². The van der Waals surface area contributed by atoms with Gasteiger partial charge in [0.2, 0.25) is 5.95 Å². The minimum atomic E-state index is 0.617. The van der Waals surface area contributed by atoms with Gasteiger partial charge >= 0.3 is 0 Å². The molecule has 5 rings (SSSR count). The highest BCUT2D eigenvalue weighted by atomic mass is 15.2.